The van der Waals surface area contributed by atoms with Gasteiger partial charge in [-0.3, -0.25) is 4.79 Å². The van der Waals surface area contributed by atoms with Gasteiger partial charge >= 0.3 is 0 Å². The minimum atomic E-state index is -0.0422. The van der Waals surface area contributed by atoms with Gasteiger partial charge in [-0.05, 0) is 46.5 Å². The third kappa shape index (κ3) is 2.97. The van der Waals surface area contributed by atoms with Gasteiger partial charge in [0.15, 0.2) is 0 Å². The molecule has 0 spiro atoms. The summed E-state index contributed by atoms with van der Waals surface area (Å²) in [5.41, 5.74) is -0.0422. The molecule has 1 aliphatic heterocycles. The zero-order chi connectivity index (χ0) is 12.3. The molecule has 0 saturated carbocycles. The summed E-state index contributed by atoms with van der Waals surface area (Å²) < 4.78 is 0. The number of nitrogens with zero attached hydrogens (tertiary/aromatic N) is 1. The highest BCUT2D eigenvalue weighted by Gasteiger charge is 2.32. The van der Waals surface area contributed by atoms with Crippen molar-refractivity contribution in [1.82, 2.24) is 10.2 Å². The first-order valence-electron chi connectivity index (χ1n) is 6.42. The molecule has 3 heteroatoms. The van der Waals surface area contributed by atoms with E-state index in [2.05, 4.69) is 33.0 Å². The van der Waals surface area contributed by atoms with Crippen molar-refractivity contribution in [2.75, 3.05) is 7.05 Å². The Balaban J connectivity index is 2.63. The van der Waals surface area contributed by atoms with Crippen LogP contribution in [0.15, 0.2) is 0 Å². The van der Waals surface area contributed by atoms with Gasteiger partial charge in [0.05, 0.1) is 6.04 Å². The third-order valence-electron chi connectivity index (χ3n) is 4.02. The number of piperidine rings is 1. The Morgan fingerprint density at radius 3 is 2.56 bits per heavy atom. The molecule has 0 aliphatic carbocycles. The van der Waals surface area contributed by atoms with Crippen LogP contribution in [0.2, 0.25) is 0 Å². The van der Waals surface area contributed by atoms with Crippen molar-refractivity contribution in [3.8, 4) is 0 Å². The highest BCUT2D eigenvalue weighted by Crippen LogP contribution is 2.20. The fourth-order valence-corrected chi connectivity index (χ4v) is 2.10. The fraction of sp³-hybridized carbons (Fsp3) is 0.923. The number of hydrogen-bond acceptors (Lipinski definition) is 2. The minimum absolute atomic E-state index is 0.0274. The van der Waals surface area contributed by atoms with Crippen LogP contribution in [-0.2, 0) is 4.79 Å². The molecule has 1 saturated heterocycles. The first-order chi connectivity index (χ1) is 7.38. The van der Waals surface area contributed by atoms with E-state index in [1.807, 2.05) is 11.9 Å². The quantitative estimate of drug-likeness (QED) is 0.800. The Hall–Kier alpha value is -0.570. The minimum Gasteiger partial charge on any atom is -0.339 e. The fourth-order valence-electron chi connectivity index (χ4n) is 2.10. The lowest BCUT2D eigenvalue weighted by atomic mass is 9.95. The molecule has 3 nitrogen and oxygen atoms in total. The number of likely N-dealkylation sites (N-methyl/N-ethyl adjacent to an activating group) is 1. The average molecular weight is 226 g/mol. The van der Waals surface area contributed by atoms with E-state index in [0.29, 0.717) is 6.04 Å². The normalized spacial score (nSPS) is 26.6. The van der Waals surface area contributed by atoms with E-state index in [0.717, 1.165) is 19.3 Å². The maximum absolute atomic E-state index is 12.3. The second-order valence-corrected chi connectivity index (χ2v) is 5.61. The van der Waals surface area contributed by atoms with Gasteiger partial charge in [-0.2, -0.15) is 0 Å². The van der Waals surface area contributed by atoms with E-state index in [-0.39, 0.29) is 17.5 Å². The first kappa shape index (κ1) is 13.5. The summed E-state index contributed by atoms with van der Waals surface area (Å²) >= 11 is 0. The molecule has 0 aromatic heterocycles. The summed E-state index contributed by atoms with van der Waals surface area (Å²) in [5, 5.41) is 3.40. The summed E-state index contributed by atoms with van der Waals surface area (Å²) in [4.78, 5) is 14.2. The molecule has 1 aliphatic rings. The van der Waals surface area contributed by atoms with Gasteiger partial charge in [0, 0.05) is 18.6 Å². The maximum atomic E-state index is 12.3. The lowest BCUT2D eigenvalue weighted by Crippen LogP contribution is -2.55. The van der Waals surface area contributed by atoms with Crippen LogP contribution in [0.1, 0.15) is 53.4 Å². The van der Waals surface area contributed by atoms with Gasteiger partial charge in [-0.15, -0.1) is 0 Å². The number of amides is 1. The molecule has 0 bridgehead atoms. The van der Waals surface area contributed by atoms with Gasteiger partial charge in [-0.25, -0.2) is 0 Å². The van der Waals surface area contributed by atoms with Crippen LogP contribution < -0.4 is 5.32 Å². The average Bonchev–Trinajstić information content (AvgIpc) is 2.27. The highest BCUT2D eigenvalue weighted by molar-refractivity contribution is 5.82. The largest absolute Gasteiger partial charge is 0.339 e. The predicted octanol–water partition coefficient (Wildman–Crippen LogP) is 2.16. The SMILES string of the molecule is CCC(C)(C)N(C)C(=O)C1CCCC(C)N1. The van der Waals surface area contributed by atoms with Crippen molar-refractivity contribution in [2.24, 2.45) is 0 Å². The van der Waals surface area contributed by atoms with Crippen molar-refractivity contribution in [1.29, 1.82) is 0 Å². The van der Waals surface area contributed by atoms with Crippen molar-refractivity contribution in [3.63, 3.8) is 0 Å². The molecular formula is C13H26N2O. The standard InChI is InChI=1S/C13H26N2O/c1-6-13(3,4)15(5)12(16)11-9-7-8-10(2)14-11/h10-11,14H,6-9H2,1-5H3. The van der Waals surface area contributed by atoms with E-state index in [1.54, 1.807) is 0 Å². The zero-order valence-corrected chi connectivity index (χ0v) is 11.3. The van der Waals surface area contributed by atoms with Crippen molar-refractivity contribution >= 4 is 5.91 Å². The van der Waals surface area contributed by atoms with Gasteiger partial charge in [0.2, 0.25) is 5.91 Å². The topological polar surface area (TPSA) is 32.3 Å². The molecule has 1 heterocycles. The van der Waals surface area contributed by atoms with Crippen LogP contribution in [0.25, 0.3) is 0 Å². The maximum Gasteiger partial charge on any atom is 0.239 e. The molecule has 1 rings (SSSR count). The van der Waals surface area contributed by atoms with Crippen LogP contribution in [0.4, 0.5) is 0 Å². The second kappa shape index (κ2) is 5.17. The van der Waals surface area contributed by atoms with Gasteiger partial charge < -0.3 is 10.2 Å². The number of nitrogens with one attached hydrogen (secondary N) is 1. The van der Waals surface area contributed by atoms with Gasteiger partial charge in [0.25, 0.3) is 0 Å². The Morgan fingerprint density at radius 1 is 1.44 bits per heavy atom. The molecule has 0 aromatic rings. The molecule has 94 valence electrons. The Kier molecular flexibility index (Phi) is 4.36. The predicted molar refractivity (Wildman–Crippen MR) is 67.4 cm³/mol. The molecule has 1 fully saturated rings. The molecule has 0 radical (unpaired) electrons. The first-order valence-corrected chi connectivity index (χ1v) is 6.42. The molecule has 2 unspecified atom stereocenters. The smallest absolute Gasteiger partial charge is 0.239 e. The van der Waals surface area contributed by atoms with Gasteiger partial charge in [0.1, 0.15) is 0 Å². The van der Waals surface area contributed by atoms with Crippen molar-refractivity contribution < 1.29 is 4.79 Å². The summed E-state index contributed by atoms with van der Waals surface area (Å²) in [6, 6.07) is 0.500. The number of hydrogen-bond donors (Lipinski definition) is 1. The van der Waals surface area contributed by atoms with E-state index < -0.39 is 0 Å². The molecule has 16 heavy (non-hydrogen) atoms. The molecule has 0 aromatic carbocycles. The number of rotatable bonds is 3. The van der Waals surface area contributed by atoms with E-state index >= 15 is 0 Å². The van der Waals surface area contributed by atoms with E-state index in [4.69, 9.17) is 0 Å². The summed E-state index contributed by atoms with van der Waals surface area (Å²) in [7, 11) is 1.92. The van der Waals surface area contributed by atoms with E-state index in [1.165, 1.54) is 6.42 Å². The van der Waals surface area contributed by atoms with Crippen LogP contribution in [0, 0.1) is 0 Å². The van der Waals surface area contributed by atoms with Gasteiger partial charge in [-0.1, -0.05) is 6.92 Å². The molecule has 1 N–H and O–H groups in total. The number of carbonyl (C=O) groups is 1. The lowest BCUT2D eigenvalue weighted by molar-refractivity contribution is -0.137. The van der Waals surface area contributed by atoms with Crippen LogP contribution in [0.5, 0.6) is 0 Å². The molecule has 2 atom stereocenters. The number of carbonyl (C=O) groups excluding carboxylic acids is 1. The summed E-state index contributed by atoms with van der Waals surface area (Å²) in [6.45, 7) is 8.53. The summed E-state index contributed by atoms with van der Waals surface area (Å²) in [6.07, 6.45) is 4.31. The van der Waals surface area contributed by atoms with Crippen molar-refractivity contribution in [3.05, 3.63) is 0 Å². The van der Waals surface area contributed by atoms with Crippen molar-refractivity contribution in [2.45, 2.75) is 71.0 Å². The van der Waals surface area contributed by atoms with Crippen LogP contribution in [-0.4, -0.2) is 35.5 Å². The Labute approximate surface area is 99.6 Å². The van der Waals surface area contributed by atoms with E-state index in [9.17, 15) is 4.79 Å². The monoisotopic (exact) mass is 226 g/mol. The van der Waals surface area contributed by atoms with Crippen LogP contribution in [0.3, 0.4) is 0 Å². The molecule has 1 amide bonds. The highest BCUT2D eigenvalue weighted by atomic mass is 16.2. The zero-order valence-electron chi connectivity index (χ0n) is 11.3. The second-order valence-electron chi connectivity index (χ2n) is 5.61. The lowest BCUT2D eigenvalue weighted by Gasteiger charge is -2.39. The Bertz CT molecular complexity index is 250. The third-order valence-corrected chi connectivity index (χ3v) is 4.02. The summed E-state index contributed by atoms with van der Waals surface area (Å²) in [5.74, 6) is 0.249. The Morgan fingerprint density at radius 2 is 2.06 bits per heavy atom. The molecular weight excluding hydrogens is 200 g/mol. The van der Waals surface area contributed by atoms with Crippen LogP contribution >= 0.6 is 0 Å².